The minimum absolute atomic E-state index is 0.0644. The van der Waals surface area contributed by atoms with Crippen molar-refractivity contribution in [2.75, 3.05) is 6.61 Å². The summed E-state index contributed by atoms with van der Waals surface area (Å²) in [5.41, 5.74) is 3.06. The molecule has 1 N–H and O–H groups in total. The second kappa shape index (κ2) is 5.77. The third-order valence-corrected chi connectivity index (χ3v) is 3.16. The number of carboxylic acids is 1. The number of benzene rings is 1. The van der Waals surface area contributed by atoms with Crippen LogP contribution in [0.2, 0.25) is 0 Å². The van der Waals surface area contributed by atoms with Gasteiger partial charge in [-0.25, -0.2) is 4.79 Å². The predicted molar refractivity (Wildman–Crippen MR) is 75.3 cm³/mol. The summed E-state index contributed by atoms with van der Waals surface area (Å²) in [6.07, 6.45) is 0. The quantitative estimate of drug-likeness (QED) is 0.910. The van der Waals surface area contributed by atoms with Crippen LogP contribution in [0.15, 0.2) is 24.3 Å². The summed E-state index contributed by atoms with van der Waals surface area (Å²) in [5.74, 6) is -0.127. The zero-order valence-electron chi connectivity index (χ0n) is 11.9. The molecule has 5 nitrogen and oxygen atoms in total. The molecule has 0 fully saturated rings. The first-order valence-electron chi connectivity index (χ1n) is 6.46. The highest BCUT2D eigenvalue weighted by molar-refractivity contribution is 5.85. The average molecular weight is 274 g/mol. The Labute approximate surface area is 117 Å². The predicted octanol–water partition coefficient (Wildman–Crippen LogP) is 2.59. The second-order valence-electron chi connectivity index (χ2n) is 4.77. The van der Waals surface area contributed by atoms with Crippen LogP contribution in [0.4, 0.5) is 0 Å². The van der Waals surface area contributed by atoms with E-state index >= 15 is 0 Å². The van der Waals surface area contributed by atoms with E-state index in [0.29, 0.717) is 13.2 Å². The van der Waals surface area contributed by atoms with E-state index in [1.807, 2.05) is 39.0 Å². The summed E-state index contributed by atoms with van der Waals surface area (Å²) in [6.45, 7) is 6.81. The van der Waals surface area contributed by atoms with Crippen LogP contribution < -0.4 is 4.74 Å². The Morgan fingerprint density at radius 1 is 1.30 bits per heavy atom. The van der Waals surface area contributed by atoms with Crippen LogP contribution in [0.3, 0.4) is 0 Å². The molecule has 0 spiro atoms. The van der Waals surface area contributed by atoms with Crippen LogP contribution in [0.25, 0.3) is 0 Å². The highest BCUT2D eigenvalue weighted by atomic mass is 16.5. The van der Waals surface area contributed by atoms with Crippen molar-refractivity contribution in [3.8, 4) is 5.75 Å². The molecule has 0 atom stereocenters. The van der Waals surface area contributed by atoms with E-state index in [1.165, 1.54) is 0 Å². The number of carboxylic acid groups (broad SMARTS) is 1. The van der Waals surface area contributed by atoms with E-state index in [2.05, 4.69) is 5.10 Å². The fraction of sp³-hybridized carbons (Fsp3) is 0.333. The number of hydrogen-bond acceptors (Lipinski definition) is 3. The lowest BCUT2D eigenvalue weighted by molar-refractivity contribution is 0.0689. The van der Waals surface area contributed by atoms with Crippen molar-refractivity contribution in [1.29, 1.82) is 0 Å². The normalized spacial score (nSPS) is 10.6. The minimum atomic E-state index is -1.01. The molecule has 2 rings (SSSR count). The second-order valence-corrected chi connectivity index (χ2v) is 4.77. The smallest absolute Gasteiger partial charge is 0.356 e. The lowest BCUT2D eigenvalue weighted by Gasteiger charge is -2.12. The molecule has 5 heteroatoms. The zero-order valence-corrected chi connectivity index (χ0v) is 11.9. The zero-order chi connectivity index (χ0) is 14.7. The van der Waals surface area contributed by atoms with Crippen molar-refractivity contribution in [2.45, 2.75) is 27.3 Å². The van der Waals surface area contributed by atoms with Gasteiger partial charge in [0.25, 0.3) is 0 Å². The van der Waals surface area contributed by atoms with Gasteiger partial charge in [-0.3, -0.25) is 4.68 Å². The van der Waals surface area contributed by atoms with E-state index in [4.69, 9.17) is 9.84 Å². The number of carbonyl (C=O) groups is 1. The first-order chi connectivity index (χ1) is 9.49. The maximum atomic E-state index is 10.8. The van der Waals surface area contributed by atoms with Gasteiger partial charge in [-0.15, -0.1) is 0 Å². The molecule has 1 aromatic heterocycles. The van der Waals surface area contributed by atoms with Crippen LogP contribution >= 0.6 is 0 Å². The van der Waals surface area contributed by atoms with Gasteiger partial charge in [-0.05, 0) is 38.0 Å². The molecule has 0 aliphatic carbocycles. The molecule has 1 heterocycles. The van der Waals surface area contributed by atoms with E-state index in [9.17, 15) is 4.79 Å². The fourth-order valence-corrected chi connectivity index (χ4v) is 2.10. The first-order valence-corrected chi connectivity index (χ1v) is 6.46. The van der Waals surface area contributed by atoms with Gasteiger partial charge in [0, 0.05) is 5.69 Å². The molecule has 20 heavy (non-hydrogen) atoms. The van der Waals surface area contributed by atoms with Crippen molar-refractivity contribution < 1.29 is 14.6 Å². The number of aryl methyl sites for hydroxylation is 3. The Morgan fingerprint density at radius 3 is 2.50 bits per heavy atom. The summed E-state index contributed by atoms with van der Waals surface area (Å²) in [7, 11) is 0. The molecular weight excluding hydrogens is 256 g/mol. The van der Waals surface area contributed by atoms with Crippen LogP contribution in [0.1, 0.15) is 27.3 Å². The van der Waals surface area contributed by atoms with Crippen LogP contribution in [0.5, 0.6) is 5.75 Å². The molecule has 0 radical (unpaired) electrons. The van der Waals surface area contributed by atoms with Crippen LogP contribution in [-0.2, 0) is 6.54 Å². The molecule has 0 aliphatic heterocycles. The number of aromatic nitrogens is 2. The summed E-state index contributed by atoms with van der Waals surface area (Å²) in [4.78, 5) is 10.8. The molecule has 0 amide bonds. The molecular formula is C15H18N2O3. The number of aromatic carboxylic acids is 1. The maximum Gasteiger partial charge on any atom is 0.356 e. The van der Waals surface area contributed by atoms with Crippen molar-refractivity contribution in [1.82, 2.24) is 9.78 Å². The Hall–Kier alpha value is -2.30. The molecule has 2 aromatic rings. The SMILES string of the molecule is Cc1cccc(C)c1OCCn1nc(C(=O)O)cc1C. The number of nitrogens with zero attached hydrogens (tertiary/aromatic N) is 2. The highest BCUT2D eigenvalue weighted by Gasteiger charge is 2.10. The fourth-order valence-electron chi connectivity index (χ4n) is 2.10. The number of ether oxygens (including phenoxy) is 1. The summed E-state index contributed by atoms with van der Waals surface area (Å²) < 4.78 is 7.44. The largest absolute Gasteiger partial charge is 0.491 e. The van der Waals surface area contributed by atoms with Crippen molar-refractivity contribution in [2.24, 2.45) is 0 Å². The Bertz CT molecular complexity index is 612. The lowest BCUT2D eigenvalue weighted by Crippen LogP contribution is -2.12. The van der Waals surface area contributed by atoms with Gasteiger partial charge < -0.3 is 9.84 Å². The maximum absolute atomic E-state index is 10.8. The summed E-state index contributed by atoms with van der Waals surface area (Å²) >= 11 is 0. The van der Waals surface area contributed by atoms with Gasteiger partial charge in [-0.1, -0.05) is 18.2 Å². The van der Waals surface area contributed by atoms with Crippen LogP contribution in [-0.4, -0.2) is 27.5 Å². The number of rotatable bonds is 5. The summed E-state index contributed by atoms with van der Waals surface area (Å²) in [6, 6.07) is 7.56. The lowest BCUT2D eigenvalue weighted by atomic mass is 10.1. The van der Waals surface area contributed by atoms with Crippen molar-refractivity contribution >= 4 is 5.97 Å². The van der Waals surface area contributed by atoms with E-state index in [0.717, 1.165) is 22.6 Å². The topological polar surface area (TPSA) is 64.4 Å². The molecule has 0 saturated heterocycles. The third-order valence-electron chi connectivity index (χ3n) is 3.16. The van der Waals surface area contributed by atoms with Gasteiger partial charge in [0.1, 0.15) is 12.4 Å². The average Bonchev–Trinajstić information content (AvgIpc) is 2.75. The van der Waals surface area contributed by atoms with Crippen molar-refractivity contribution in [3.63, 3.8) is 0 Å². The van der Waals surface area contributed by atoms with E-state index < -0.39 is 5.97 Å². The number of para-hydroxylation sites is 1. The molecule has 1 aromatic carbocycles. The molecule has 106 valence electrons. The van der Waals surface area contributed by atoms with Gasteiger partial charge in [-0.2, -0.15) is 5.10 Å². The monoisotopic (exact) mass is 274 g/mol. The van der Waals surface area contributed by atoms with E-state index in [1.54, 1.807) is 10.7 Å². The van der Waals surface area contributed by atoms with E-state index in [-0.39, 0.29) is 5.69 Å². The standard InChI is InChI=1S/C15H18N2O3/c1-10-5-4-6-11(2)14(10)20-8-7-17-12(3)9-13(16-17)15(18)19/h4-6,9H,7-8H2,1-3H3,(H,18,19). The molecule has 0 unspecified atom stereocenters. The number of hydrogen-bond donors (Lipinski definition) is 1. The van der Waals surface area contributed by atoms with Crippen LogP contribution in [0, 0.1) is 20.8 Å². The van der Waals surface area contributed by atoms with Gasteiger partial charge in [0.2, 0.25) is 0 Å². The Kier molecular flexibility index (Phi) is 4.08. The van der Waals surface area contributed by atoms with Crippen molar-refractivity contribution in [3.05, 3.63) is 46.8 Å². The van der Waals surface area contributed by atoms with Gasteiger partial charge in [0.15, 0.2) is 5.69 Å². The van der Waals surface area contributed by atoms with Gasteiger partial charge in [0.05, 0.1) is 6.54 Å². The van der Waals surface area contributed by atoms with Gasteiger partial charge >= 0.3 is 5.97 Å². The third kappa shape index (κ3) is 2.99. The summed E-state index contributed by atoms with van der Waals surface area (Å²) in [5, 5.41) is 12.9. The highest BCUT2D eigenvalue weighted by Crippen LogP contribution is 2.22. The molecule has 0 aliphatic rings. The first kappa shape index (κ1) is 14.1. The Balaban J connectivity index is 2.01. The molecule has 0 bridgehead atoms. The Morgan fingerprint density at radius 2 is 1.95 bits per heavy atom. The molecule has 0 saturated carbocycles. The minimum Gasteiger partial charge on any atom is -0.491 e.